The van der Waals surface area contributed by atoms with E-state index in [9.17, 15) is 4.79 Å². The lowest BCUT2D eigenvalue weighted by Crippen LogP contribution is -2.49. The molecule has 0 aromatic heterocycles. The maximum absolute atomic E-state index is 11.8. The second kappa shape index (κ2) is 9.49. The minimum Gasteiger partial charge on any atom is -0.493 e. The van der Waals surface area contributed by atoms with Gasteiger partial charge in [0.2, 0.25) is 5.91 Å². The Kier molecular flexibility index (Phi) is 7.34. The van der Waals surface area contributed by atoms with Crippen molar-refractivity contribution in [1.82, 2.24) is 15.1 Å². The van der Waals surface area contributed by atoms with Crippen LogP contribution in [-0.2, 0) is 11.3 Å². The number of rotatable bonds is 8. The lowest BCUT2D eigenvalue weighted by Gasteiger charge is -2.34. The van der Waals surface area contributed by atoms with Gasteiger partial charge in [0.25, 0.3) is 0 Å². The van der Waals surface area contributed by atoms with Gasteiger partial charge in [-0.2, -0.15) is 0 Å². The lowest BCUT2D eigenvalue weighted by molar-refractivity contribution is -0.122. The summed E-state index contributed by atoms with van der Waals surface area (Å²) in [5.41, 5.74) is 1.21. The van der Waals surface area contributed by atoms with Crippen molar-refractivity contribution in [3.05, 3.63) is 23.8 Å². The molecule has 0 atom stereocenters. The van der Waals surface area contributed by atoms with Crippen LogP contribution in [0.25, 0.3) is 0 Å². The molecule has 6 nitrogen and oxygen atoms in total. The molecule has 134 valence electrons. The predicted octanol–water partition coefficient (Wildman–Crippen LogP) is 1.35. The van der Waals surface area contributed by atoms with Gasteiger partial charge in [0, 0.05) is 39.3 Å². The van der Waals surface area contributed by atoms with Gasteiger partial charge in [0.05, 0.1) is 20.8 Å². The summed E-state index contributed by atoms with van der Waals surface area (Å²) in [6.07, 6.45) is 0.977. The van der Waals surface area contributed by atoms with Gasteiger partial charge in [-0.15, -0.1) is 0 Å². The summed E-state index contributed by atoms with van der Waals surface area (Å²) < 4.78 is 10.6. The van der Waals surface area contributed by atoms with Gasteiger partial charge >= 0.3 is 0 Å². The fourth-order valence-electron chi connectivity index (χ4n) is 2.87. The number of hydrogen-bond donors (Lipinski definition) is 1. The molecule has 1 heterocycles. The number of piperazine rings is 1. The van der Waals surface area contributed by atoms with E-state index in [0.29, 0.717) is 6.54 Å². The average molecular weight is 335 g/mol. The van der Waals surface area contributed by atoms with Gasteiger partial charge in [-0.05, 0) is 24.1 Å². The zero-order valence-electron chi connectivity index (χ0n) is 15.0. The molecule has 1 amide bonds. The largest absolute Gasteiger partial charge is 0.493 e. The molecule has 0 saturated carbocycles. The number of hydrogen-bond acceptors (Lipinski definition) is 5. The van der Waals surface area contributed by atoms with E-state index in [0.717, 1.165) is 57.2 Å². The van der Waals surface area contributed by atoms with Crippen molar-refractivity contribution in [1.29, 1.82) is 0 Å². The van der Waals surface area contributed by atoms with E-state index in [1.54, 1.807) is 14.2 Å². The highest BCUT2D eigenvalue weighted by molar-refractivity contribution is 5.77. The third-order valence-corrected chi connectivity index (χ3v) is 4.26. The molecule has 0 unspecified atom stereocenters. The fraction of sp³-hybridized carbons (Fsp3) is 0.611. The van der Waals surface area contributed by atoms with Gasteiger partial charge in [-0.1, -0.05) is 13.0 Å². The number of carbonyl (C=O) groups excluding carboxylic acids is 1. The standard InChI is InChI=1S/C18H29N3O3/c1-4-7-19-18(22)14-21-10-8-20(9-11-21)13-15-5-6-16(23-2)17(12-15)24-3/h5-6,12H,4,7-11,13-14H2,1-3H3,(H,19,22). The second-order valence-electron chi connectivity index (χ2n) is 6.09. The molecule has 6 heteroatoms. The maximum atomic E-state index is 11.8. The Bertz CT molecular complexity index is 528. The topological polar surface area (TPSA) is 54.0 Å². The summed E-state index contributed by atoms with van der Waals surface area (Å²) in [4.78, 5) is 16.4. The second-order valence-corrected chi connectivity index (χ2v) is 6.09. The van der Waals surface area contributed by atoms with Gasteiger partial charge in [-0.3, -0.25) is 14.6 Å². The van der Waals surface area contributed by atoms with Crippen molar-refractivity contribution >= 4 is 5.91 Å². The quantitative estimate of drug-likeness (QED) is 0.777. The summed E-state index contributed by atoms with van der Waals surface area (Å²) in [6.45, 7) is 8.00. The van der Waals surface area contributed by atoms with Crippen molar-refractivity contribution in [2.45, 2.75) is 19.9 Å². The van der Waals surface area contributed by atoms with E-state index < -0.39 is 0 Å². The lowest BCUT2D eigenvalue weighted by atomic mass is 10.1. The van der Waals surface area contributed by atoms with E-state index >= 15 is 0 Å². The molecular weight excluding hydrogens is 306 g/mol. The van der Waals surface area contributed by atoms with Crippen LogP contribution in [0.2, 0.25) is 0 Å². The SMILES string of the molecule is CCCNC(=O)CN1CCN(Cc2ccc(OC)c(OC)c2)CC1. The third-order valence-electron chi connectivity index (χ3n) is 4.26. The Balaban J connectivity index is 1.79. The first-order chi connectivity index (χ1) is 11.7. The molecule has 1 fully saturated rings. The molecule has 1 N–H and O–H groups in total. The molecular formula is C18H29N3O3. The summed E-state index contributed by atoms with van der Waals surface area (Å²) in [5.74, 6) is 1.65. The van der Waals surface area contributed by atoms with E-state index in [4.69, 9.17) is 9.47 Å². The van der Waals surface area contributed by atoms with Crippen LogP contribution in [0.3, 0.4) is 0 Å². The monoisotopic (exact) mass is 335 g/mol. The fourth-order valence-corrected chi connectivity index (χ4v) is 2.87. The highest BCUT2D eigenvalue weighted by atomic mass is 16.5. The maximum Gasteiger partial charge on any atom is 0.234 e. The summed E-state index contributed by atoms with van der Waals surface area (Å²) in [7, 11) is 3.30. The van der Waals surface area contributed by atoms with Crippen LogP contribution in [0.1, 0.15) is 18.9 Å². The van der Waals surface area contributed by atoms with Gasteiger partial charge < -0.3 is 14.8 Å². The van der Waals surface area contributed by atoms with Crippen LogP contribution in [-0.4, -0.2) is 69.2 Å². The number of amides is 1. The molecule has 24 heavy (non-hydrogen) atoms. The molecule has 1 aliphatic rings. The number of carbonyl (C=O) groups is 1. The van der Waals surface area contributed by atoms with Crippen molar-refractivity contribution in [3.8, 4) is 11.5 Å². The van der Waals surface area contributed by atoms with Gasteiger partial charge in [0.1, 0.15) is 0 Å². The zero-order valence-corrected chi connectivity index (χ0v) is 15.0. The molecule has 0 radical (unpaired) electrons. The molecule has 0 bridgehead atoms. The van der Waals surface area contributed by atoms with E-state index in [1.807, 2.05) is 12.1 Å². The number of methoxy groups -OCH3 is 2. The first-order valence-electron chi connectivity index (χ1n) is 8.58. The van der Waals surface area contributed by atoms with Crippen LogP contribution in [0.4, 0.5) is 0 Å². The van der Waals surface area contributed by atoms with Crippen molar-refractivity contribution in [2.24, 2.45) is 0 Å². The first-order valence-corrected chi connectivity index (χ1v) is 8.58. The summed E-state index contributed by atoms with van der Waals surface area (Å²) in [6, 6.07) is 6.05. The third kappa shape index (κ3) is 5.39. The molecule has 2 rings (SSSR count). The summed E-state index contributed by atoms with van der Waals surface area (Å²) in [5, 5.41) is 2.93. The highest BCUT2D eigenvalue weighted by Crippen LogP contribution is 2.28. The molecule has 1 saturated heterocycles. The minimum absolute atomic E-state index is 0.130. The molecule has 0 spiro atoms. The normalized spacial score (nSPS) is 16.0. The molecule has 1 aliphatic heterocycles. The van der Waals surface area contributed by atoms with E-state index in [2.05, 4.69) is 28.1 Å². The van der Waals surface area contributed by atoms with Crippen LogP contribution in [0.15, 0.2) is 18.2 Å². The first kappa shape index (κ1) is 18.5. The predicted molar refractivity (Wildman–Crippen MR) is 94.6 cm³/mol. The van der Waals surface area contributed by atoms with Crippen LogP contribution in [0, 0.1) is 0 Å². The van der Waals surface area contributed by atoms with Crippen LogP contribution < -0.4 is 14.8 Å². The molecule has 1 aromatic rings. The Morgan fingerprint density at radius 1 is 1.08 bits per heavy atom. The van der Waals surface area contributed by atoms with Gasteiger partial charge in [-0.25, -0.2) is 0 Å². The number of ether oxygens (including phenoxy) is 2. The zero-order chi connectivity index (χ0) is 17.4. The van der Waals surface area contributed by atoms with Crippen LogP contribution in [0.5, 0.6) is 11.5 Å². The minimum atomic E-state index is 0.130. The average Bonchev–Trinajstić information content (AvgIpc) is 2.61. The van der Waals surface area contributed by atoms with Crippen molar-refractivity contribution in [3.63, 3.8) is 0 Å². The highest BCUT2D eigenvalue weighted by Gasteiger charge is 2.19. The number of benzene rings is 1. The van der Waals surface area contributed by atoms with E-state index in [-0.39, 0.29) is 5.91 Å². The van der Waals surface area contributed by atoms with Crippen molar-refractivity contribution in [2.75, 3.05) is 53.5 Å². The Morgan fingerprint density at radius 3 is 2.38 bits per heavy atom. The smallest absolute Gasteiger partial charge is 0.234 e. The number of nitrogens with one attached hydrogen (secondary N) is 1. The van der Waals surface area contributed by atoms with Gasteiger partial charge in [0.15, 0.2) is 11.5 Å². The Labute approximate surface area is 144 Å². The van der Waals surface area contributed by atoms with Crippen LogP contribution >= 0.6 is 0 Å². The Morgan fingerprint density at radius 2 is 1.75 bits per heavy atom. The molecule has 1 aromatic carbocycles. The number of nitrogens with zero attached hydrogens (tertiary/aromatic N) is 2. The molecule has 0 aliphatic carbocycles. The summed E-state index contributed by atoms with van der Waals surface area (Å²) >= 11 is 0. The van der Waals surface area contributed by atoms with E-state index in [1.165, 1.54) is 5.56 Å². The Hall–Kier alpha value is -1.79. The van der Waals surface area contributed by atoms with Crippen molar-refractivity contribution < 1.29 is 14.3 Å².